The lowest BCUT2D eigenvalue weighted by molar-refractivity contribution is 0.150. The van der Waals surface area contributed by atoms with Crippen molar-refractivity contribution in [3.8, 4) is 0 Å². The molecule has 1 fully saturated rings. The van der Waals surface area contributed by atoms with E-state index in [1.54, 1.807) is 6.20 Å². The molecule has 1 atom stereocenters. The molecule has 6 nitrogen and oxygen atoms in total. The third-order valence-electron chi connectivity index (χ3n) is 5.00. The van der Waals surface area contributed by atoms with E-state index >= 15 is 0 Å². The number of aromatic nitrogens is 2. The minimum atomic E-state index is -3.54. The molecule has 0 aliphatic carbocycles. The van der Waals surface area contributed by atoms with Crippen LogP contribution in [0.1, 0.15) is 37.9 Å². The van der Waals surface area contributed by atoms with E-state index in [0.717, 1.165) is 30.6 Å². The molecule has 7 heteroatoms. The highest BCUT2D eigenvalue weighted by Crippen LogP contribution is 2.23. The Balaban J connectivity index is 1.89. The Bertz CT molecular complexity index is 847. The van der Waals surface area contributed by atoms with E-state index < -0.39 is 9.84 Å². The topological polar surface area (TPSA) is 75.4 Å². The van der Waals surface area contributed by atoms with Gasteiger partial charge in [0.15, 0.2) is 0 Å². The predicted molar refractivity (Wildman–Crippen MR) is 105 cm³/mol. The maximum absolute atomic E-state index is 13.0. The van der Waals surface area contributed by atoms with Gasteiger partial charge in [0.1, 0.15) is 0 Å². The highest BCUT2D eigenvalue weighted by Gasteiger charge is 2.28. The van der Waals surface area contributed by atoms with Gasteiger partial charge in [-0.2, -0.15) is 0 Å². The van der Waals surface area contributed by atoms with E-state index in [1.165, 1.54) is 0 Å². The molecule has 1 aliphatic rings. The van der Waals surface area contributed by atoms with Crippen LogP contribution >= 0.6 is 0 Å². The number of aliphatic hydroxyl groups excluding tert-OH is 1. The summed E-state index contributed by atoms with van der Waals surface area (Å²) in [6.07, 6.45) is 3.73. The first-order valence-corrected chi connectivity index (χ1v) is 11.2. The van der Waals surface area contributed by atoms with Gasteiger partial charge >= 0.3 is 0 Å². The largest absolute Gasteiger partial charge is 0.395 e. The third-order valence-corrected chi connectivity index (χ3v) is 6.60. The maximum atomic E-state index is 13.0. The average Bonchev–Trinajstić information content (AvgIpc) is 3.23. The maximum Gasteiger partial charge on any atom is 0.228 e. The number of aliphatic hydroxyl groups is 1. The summed E-state index contributed by atoms with van der Waals surface area (Å²) in [7, 11) is -3.54. The van der Waals surface area contributed by atoms with Gasteiger partial charge in [0.25, 0.3) is 0 Å². The summed E-state index contributed by atoms with van der Waals surface area (Å²) in [5.41, 5.74) is 1.66. The second kappa shape index (κ2) is 8.54. The second-order valence-corrected chi connectivity index (χ2v) is 9.61. The average molecular weight is 392 g/mol. The monoisotopic (exact) mass is 391 g/mol. The van der Waals surface area contributed by atoms with Crippen molar-refractivity contribution >= 4 is 9.84 Å². The van der Waals surface area contributed by atoms with Crippen molar-refractivity contribution in [2.75, 3.05) is 13.2 Å². The van der Waals surface area contributed by atoms with E-state index in [9.17, 15) is 13.5 Å². The van der Waals surface area contributed by atoms with E-state index in [1.807, 2.05) is 34.9 Å². The van der Waals surface area contributed by atoms with Crippen LogP contribution in [0.25, 0.3) is 0 Å². The Kier molecular flexibility index (Phi) is 6.34. The molecule has 0 radical (unpaired) electrons. The Morgan fingerprint density at radius 2 is 2.00 bits per heavy atom. The van der Waals surface area contributed by atoms with Crippen molar-refractivity contribution in [3.63, 3.8) is 0 Å². The first-order valence-electron chi connectivity index (χ1n) is 9.56. The van der Waals surface area contributed by atoms with E-state index in [2.05, 4.69) is 23.7 Å². The zero-order valence-corrected chi connectivity index (χ0v) is 16.9. The summed E-state index contributed by atoms with van der Waals surface area (Å²) < 4.78 is 27.9. The molecule has 0 bridgehead atoms. The Labute approximate surface area is 161 Å². The molecule has 3 rings (SSSR count). The van der Waals surface area contributed by atoms with Crippen LogP contribution in [0.4, 0.5) is 0 Å². The summed E-state index contributed by atoms with van der Waals surface area (Å²) in [6, 6.07) is 9.37. The van der Waals surface area contributed by atoms with Gasteiger partial charge in [0, 0.05) is 19.1 Å². The van der Waals surface area contributed by atoms with Gasteiger partial charge in [-0.15, -0.1) is 0 Å². The first-order chi connectivity index (χ1) is 12.9. The number of nitrogens with zero attached hydrogens (tertiary/aromatic N) is 3. The van der Waals surface area contributed by atoms with Crippen molar-refractivity contribution < 1.29 is 13.5 Å². The molecule has 0 unspecified atom stereocenters. The van der Waals surface area contributed by atoms with Gasteiger partial charge in [0.2, 0.25) is 15.0 Å². The second-order valence-electron chi connectivity index (χ2n) is 7.73. The van der Waals surface area contributed by atoms with Crippen LogP contribution in [0.3, 0.4) is 0 Å². The minimum Gasteiger partial charge on any atom is -0.395 e. The Hall–Kier alpha value is -1.70. The zero-order chi connectivity index (χ0) is 19.4. The number of likely N-dealkylation sites (tertiary alicyclic amines) is 1. The molecular weight excluding hydrogens is 362 g/mol. The summed E-state index contributed by atoms with van der Waals surface area (Å²) >= 11 is 0. The molecule has 0 spiro atoms. The summed E-state index contributed by atoms with van der Waals surface area (Å²) in [6.45, 7) is 6.43. The normalized spacial score (nSPS) is 18.4. The van der Waals surface area contributed by atoms with Crippen LogP contribution in [0, 0.1) is 5.92 Å². The van der Waals surface area contributed by atoms with Gasteiger partial charge in [0.05, 0.1) is 24.3 Å². The fourth-order valence-electron chi connectivity index (χ4n) is 3.70. The fraction of sp³-hybridized carbons (Fsp3) is 0.550. The first kappa shape index (κ1) is 20.0. The van der Waals surface area contributed by atoms with Crippen LogP contribution in [-0.4, -0.2) is 47.2 Å². The van der Waals surface area contributed by atoms with Gasteiger partial charge in [-0.25, -0.2) is 13.4 Å². The molecule has 2 aromatic rings. The van der Waals surface area contributed by atoms with E-state index in [4.69, 9.17) is 0 Å². The van der Waals surface area contributed by atoms with Crippen LogP contribution in [0.2, 0.25) is 0 Å². The van der Waals surface area contributed by atoms with Crippen LogP contribution in [0.5, 0.6) is 0 Å². The number of imidazole rings is 1. The Morgan fingerprint density at radius 3 is 2.67 bits per heavy atom. The molecule has 2 heterocycles. The smallest absolute Gasteiger partial charge is 0.228 e. The molecule has 0 saturated carbocycles. The fourth-order valence-corrected chi connectivity index (χ4v) is 5.20. The predicted octanol–water partition coefficient (Wildman–Crippen LogP) is 2.47. The number of benzene rings is 1. The minimum absolute atomic E-state index is 0.0502. The van der Waals surface area contributed by atoms with Gasteiger partial charge in [-0.3, -0.25) is 4.90 Å². The van der Waals surface area contributed by atoms with Crippen LogP contribution in [-0.2, 0) is 28.7 Å². The lowest BCUT2D eigenvalue weighted by atomic mass is 10.2. The van der Waals surface area contributed by atoms with Crippen molar-refractivity contribution in [1.82, 2.24) is 14.5 Å². The number of hydrogen-bond donors (Lipinski definition) is 1. The molecule has 0 amide bonds. The van der Waals surface area contributed by atoms with Crippen molar-refractivity contribution in [2.24, 2.45) is 5.92 Å². The van der Waals surface area contributed by atoms with E-state index in [-0.39, 0.29) is 23.6 Å². The lowest BCUT2D eigenvalue weighted by Gasteiger charge is -2.24. The van der Waals surface area contributed by atoms with Crippen molar-refractivity contribution in [1.29, 1.82) is 0 Å². The lowest BCUT2D eigenvalue weighted by Crippen LogP contribution is -2.32. The molecule has 1 aromatic heterocycles. The van der Waals surface area contributed by atoms with Crippen molar-refractivity contribution in [3.05, 3.63) is 47.8 Å². The zero-order valence-electron chi connectivity index (χ0n) is 16.1. The SMILES string of the molecule is CC(C)Cn1c(CN2CCC[C@H]2CO)cnc1S(=O)(=O)Cc1ccccc1. The molecular formula is C20H29N3O3S. The molecule has 27 heavy (non-hydrogen) atoms. The summed E-state index contributed by atoms with van der Waals surface area (Å²) in [5.74, 6) is 0.251. The van der Waals surface area contributed by atoms with Gasteiger partial charge in [-0.05, 0) is 30.9 Å². The summed E-state index contributed by atoms with van der Waals surface area (Å²) in [4.78, 5) is 6.54. The van der Waals surface area contributed by atoms with Crippen LogP contribution < -0.4 is 0 Å². The molecule has 1 aliphatic heterocycles. The van der Waals surface area contributed by atoms with Crippen LogP contribution in [0.15, 0.2) is 41.7 Å². The quantitative estimate of drug-likeness (QED) is 0.748. The number of rotatable bonds is 8. The standard InChI is InChI=1S/C20H29N3O3S/c1-16(2)12-23-19(13-22-10-6-9-18(22)14-24)11-21-20(23)27(25,26)15-17-7-4-3-5-8-17/h3-5,7-8,11,16,18,24H,6,9-10,12-15H2,1-2H3/t18-/m0/s1. The molecule has 148 valence electrons. The van der Waals surface area contributed by atoms with Gasteiger partial charge in [-0.1, -0.05) is 44.2 Å². The third kappa shape index (κ3) is 4.78. The highest BCUT2D eigenvalue weighted by molar-refractivity contribution is 7.90. The summed E-state index contributed by atoms with van der Waals surface area (Å²) in [5, 5.41) is 9.72. The molecule has 1 aromatic carbocycles. The Morgan fingerprint density at radius 1 is 1.26 bits per heavy atom. The van der Waals surface area contributed by atoms with E-state index in [0.29, 0.717) is 19.0 Å². The number of hydrogen-bond acceptors (Lipinski definition) is 5. The molecule has 1 saturated heterocycles. The highest BCUT2D eigenvalue weighted by atomic mass is 32.2. The molecule has 1 N–H and O–H groups in total. The van der Waals surface area contributed by atoms with Gasteiger partial charge < -0.3 is 9.67 Å². The van der Waals surface area contributed by atoms with Crippen molar-refractivity contribution in [2.45, 2.75) is 56.7 Å². The number of sulfone groups is 1.